The number of nitrogens with zero attached hydrogens (tertiary/aromatic N) is 1. The van der Waals surface area contributed by atoms with E-state index in [1.54, 1.807) is 0 Å². The fraction of sp³-hybridized carbons (Fsp3) is 0.278. The van der Waals surface area contributed by atoms with E-state index in [-0.39, 0.29) is 17.5 Å². The highest BCUT2D eigenvalue weighted by molar-refractivity contribution is 6.31. The van der Waals surface area contributed by atoms with E-state index in [9.17, 15) is 9.18 Å². The minimum absolute atomic E-state index is 0.0167. The lowest BCUT2D eigenvalue weighted by Gasteiger charge is -2.30. The van der Waals surface area contributed by atoms with Crippen LogP contribution in [0.2, 0.25) is 5.02 Å². The molecule has 1 aliphatic heterocycles. The zero-order valence-corrected chi connectivity index (χ0v) is 14.4. The van der Waals surface area contributed by atoms with Gasteiger partial charge in [-0.15, -0.1) is 0 Å². The summed E-state index contributed by atoms with van der Waals surface area (Å²) in [6.45, 7) is 2.99. The molecule has 1 aliphatic rings. The Labute approximate surface area is 150 Å². The summed E-state index contributed by atoms with van der Waals surface area (Å²) in [7, 11) is 0. The number of halogens is 2. The van der Waals surface area contributed by atoms with Crippen molar-refractivity contribution in [3.8, 4) is 0 Å². The summed E-state index contributed by atoms with van der Waals surface area (Å²) in [4.78, 5) is 14.4. The highest BCUT2D eigenvalue weighted by atomic mass is 35.5. The second-order valence-corrected chi connectivity index (χ2v) is 6.05. The van der Waals surface area contributed by atoms with E-state index in [2.05, 4.69) is 15.5 Å². The van der Waals surface area contributed by atoms with Crippen molar-refractivity contribution in [2.45, 2.75) is 0 Å². The molecule has 0 saturated carbocycles. The molecule has 0 radical (unpaired) electrons. The van der Waals surface area contributed by atoms with E-state index < -0.39 is 5.82 Å². The number of amides is 1. The van der Waals surface area contributed by atoms with Crippen molar-refractivity contribution in [2.75, 3.05) is 48.4 Å². The molecule has 5 nitrogen and oxygen atoms in total. The van der Waals surface area contributed by atoms with Gasteiger partial charge in [0.15, 0.2) is 0 Å². The van der Waals surface area contributed by atoms with Crippen molar-refractivity contribution in [1.82, 2.24) is 0 Å². The van der Waals surface area contributed by atoms with E-state index in [1.165, 1.54) is 18.2 Å². The molecule has 0 spiro atoms. The summed E-state index contributed by atoms with van der Waals surface area (Å²) in [5.41, 5.74) is 2.32. The van der Waals surface area contributed by atoms with Gasteiger partial charge < -0.3 is 20.3 Å². The lowest BCUT2D eigenvalue weighted by molar-refractivity contribution is -0.114. The first-order valence-corrected chi connectivity index (χ1v) is 8.42. The largest absolute Gasteiger partial charge is 0.378 e. The van der Waals surface area contributed by atoms with E-state index in [4.69, 9.17) is 16.3 Å². The highest BCUT2D eigenvalue weighted by Crippen LogP contribution is 2.26. The Morgan fingerprint density at radius 2 is 1.96 bits per heavy atom. The Balaban J connectivity index is 1.61. The standard InChI is InChI=1S/C18H19ClFN3O2/c19-14-11-13(5-6-15(14)20)21-12-18(24)22-16-3-1-2-4-17(16)23-7-9-25-10-8-23/h1-6,11,21H,7-10,12H2,(H,22,24). The fourth-order valence-corrected chi connectivity index (χ4v) is 2.82. The number of ether oxygens (including phenoxy) is 1. The number of nitrogens with one attached hydrogen (secondary N) is 2. The SMILES string of the molecule is O=C(CNc1ccc(F)c(Cl)c1)Nc1ccccc1N1CCOCC1. The minimum atomic E-state index is -0.490. The summed E-state index contributed by atoms with van der Waals surface area (Å²) in [5, 5.41) is 5.86. The van der Waals surface area contributed by atoms with E-state index in [0.29, 0.717) is 18.9 Å². The van der Waals surface area contributed by atoms with Crippen LogP contribution >= 0.6 is 11.6 Å². The second-order valence-electron chi connectivity index (χ2n) is 5.65. The molecule has 0 atom stereocenters. The fourth-order valence-electron chi connectivity index (χ4n) is 2.64. The topological polar surface area (TPSA) is 53.6 Å². The van der Waals surface area contributed by atoms with Crippen molar-refractivity contribution in [3.05, 3.63) is 53.3 Å². The normalized spacial score (nSPS) is 14.2. The van der Waals surface area contributed by atoms with Gasteiger partial charge in [0, 0.05) is 18.8 Å². The Morgan fingerprint density at radius 1 is 1.20 bits per heavy atom. The molecule has 0 aliphatic carbocycles. The number of hydrogen-bond acceptors (Lipinski definition) is 4. The van der Waals surface area contributed by atoms with Crippen molar-refractivity contribution < 1.29 is 13.9 Å². The molecule has 1 fully saturated rings. The molecule has 2 aromatic carbocycles. The molecule has 1 heterocycles. The van der Waals surface area contributed by atoms with E-state index in [0.717, 1.165) is 24.5 Å². The predicted octanol–water partition coefficient (Wildman–Crippen LogP) is 3.37. The zero-order valence-electron chi connectivity index (χ0n) is 13.6. The van der Waals surface area contributed by atoms with Crippen molar-refractivity contribution >= 4 is 34.6 Å². The van der Waals surface area contributed by atoms with Crippen LogP contribution in [0.5, 0.6) is 0 Å². The average Bonchev–Trinajstić information content (AvgIpc) is 2.64. The van der Waals surface area contributed by atoms with Crippen LogP contribution in [0.3, 0.4) is 0 Å². The lowest BCUT2D eigenvalue weighted by atomic mass is 10.2. The maximum absolute atomic E-state index is 13.2. The second kappa shape index (κ2) is 8.18. The smallest absolute Gasteiger partial charge is 0.243 e. The molecule has 3 rings (SSSR count). The molecule has 2 aromatic rings. The van der Waals surface area contributed by atoms with Gasteiger partial charge >= 0.3 is 0 Å². The summed E-state index contributed by atoms with van der Waals surface area (Å²) in [5.74, 6) is -0.683. The zero-order chi connectivity index (χ0) is 17.6. The molecular formula is C18H19ClFN3O2. The molecule has 0 aromatic heterocycles. The third-order valence-electron chi connectivity index (χ3n) is 3.90. The van der Waals surface area contributed by atoms with Crippen LogP contribution in [0.25, 0.3) is 0 Å². The summed E-state index contributed by atoms with van der Waals surface area (Å²) < 4.78 is 18.5. The van der Waals surface area contributed by atoms with E-state index >= 15 is 0 Å². The molecule has 0 bridgehead atoms. The number of morpholine rings is 1. The van der Waals surface area contributed by atoms with Gasteiger partial charge in [-0.25, -0.2) is 4.39 Å². The number of para-hydroxylation sites is 2. The Morgan fingerprint density at radius 3 is 2.72 bits per heavy atom. The van der Waals surface area contributed by atoms with Crippen molar-refractivity contribution in [2.24, 2.45) is 0 Å². The van der Waals surface area contributed by atoms with Crippen LogP contribution in [0.1, 0.15) is 0 Å². The number of carbonyl (C=O) groups excluding carboxylic acids is 1. The summed E-state index contributed by atoms with van der Waals surface area (Å²) >= 11 is 5.73. The van der Waals surface area contributed by atoms with Gasteiger partial charge in [0.05, 0.1) is 36.2 Å². The monoisotopic (exact) mass is 363 g/mol. The molecular weight excluding hydrogens is 345 g/mol. The van der Waals surface area contributed by atoms with Crippen molar-refractivity contribution in [1.29, 1.82) is 0 Å². The predicted molar refractivity (Wildman–Crippen MR) is 98.0 cm³/mol. The van der Waals surface area contributed by atoms with Gasteiger partial charge in [-0.05, 0) is 30.3 Å². The molecule has 132 valence electrons. The molecule has 1 amide bonds. The van der Waals surface area contributed by atoms with Crippen LogP contribution < -0.4 is 15.5 Å². The molecule has 2 N–H and O–H groups in total. The van der Waals surface area contributed by atoms with Crippen LogP contribution in [0.15, 0.2) is 42.5 Å². The number of benzene rings is 2. The lowest BCUT2D eigenvalue weighted by Crippen LogP contribution is -2.37. The average molecular weight is 364 g/mol. The van der Waals surface area contributed by atoms with Gasteiger partial charge in [0.1, 0.15) is 5.82 Å². The Hall–Kier alpha value is -2.31. The highest BCUT2D eigenvalue weighted by Gasteiger charge is 2.15. The van der Waals surface area contributed by atoms with Crippen LogP contribution in [0.4, 0.5) is 21.5 Å². The molecule has 7 heteroatoms. The van der Waals surface area contributed by atoms with Gasteiger partial charge in [-0.3, -0.25) is 4.79 Å². The minimum Gasteiger partial charge on any atom is -0.378 e. The molecule has 25 heavy (non-hydrogen) atoms. The van der Waals surface area contributed by atoms with Crippen LogP contribution in [-0.2, 0) is 9.53 Å². The van der Waals surface area contributed by atoms with Gasteiger partial charge in [-0.2, -0.15) is 0 Å². The van der Waals surface area contributed by atoms with Crippen LogP contribution in [-0.4, -0.2) is 38.8 Å². The quantitative estimate of drug-likeness (QED) is 0.855. The number of anilines is 3. The van der Waals surface area contributed by atoms with Gasteiger partial charge in [0.2, 0.25) is 5.91 Å². The van der Waals surface area contributed by atoms with Gasteiger partial charge in [0.25, 0.3) is 0 Å². The first-order chi connectivity index (χ1) is 12.1. The maximum atomic E-state index is 13.2. The van der Waals surface area contributed by atoms with Gasteiger partial charge in [-0.1, -0.05) is 23.7 Å². The third kappa shape index (κ3) is 4.61. The number of rotatable bonds is 5. The summed E-state index contributed by atoms with van der Waals surface area (Å²) in [6.07, 6.45) is 0. The Kier molecular flexibility index (Phi) is 5.73. The maximum Gasteiger partial charge on any atom is 0.243 e. The number of carbonyl (C=O) groups is 1. The molecule has 1 saturated heterocycles. The Bertz CT molecular complexity index is 751. The van der Waals surface area contributed by atoms with Crippen molar-refractivity contribution in [3.63, 3.8) is 0 Å². The number of hydrogen-bond donors (Lipinski definition) is 2. The third-order valence-corrected chi connectivity index (χ3v) is 4.19. The van der Waals surface area contributed by atoms with E-state index in [1.807, 2.05) is 24.3 Å². The first-order valence-electron chi connectivity index (χ1n) is 8.04. The molecule has 0 unspecified atom stereocenters. The van der Waals surface area contributed by atoms with Crippen LogP contribution in [0, 0.1) is 5.82 Å². The first kappa shape index (κ1) is 17.5. The summed E-state index contributed by atoms with van der Waals surface area (Å²) in [6, 6.07) is 11.9.